The third-order valence-electron chi connectivity index (χ3n) is 2.83. The summed E-state index contributed by atoms with van der Waals surface area (Å²) in [5.41, 5.74) is 1.72. The molecule has 0 unspecified atom stereocenters. The van der Waals surface area contributed by atoms with Gasteiger partial charge in [0.25, 0.3) is 0 Å². The normalized spacial score (nSPS) is 10.7. The van der Waals surface area contributed by atoms with Crippen molar-refractivity contribution in [2.24, 2.45) is 0 Å². The van der Waals surface area contributed by atoms with Crippen molar-refractivity contribution in [2.45, 2.75) is 13.5 Å². The van der Waals surface area contributed by atoms with Gasteiger partial charge in [-0.15, -0.1) is 0 Å². The standard InChI is InChI=1S/C15H12ClN3O/c1-10-8-14(16)19-15(18-10)9-20-13-6-2-5-12-11(13)4-3-7-17-12/h2-8H,9H2,1H3. The molecular formula is C15H12ClN3O. The SMILES string of the molecule is Cc1cc(Cl)nc(COc2cccc3ncccc23)n1. The van der Waals surface area contributed by atoms with E-state index in [9.17, 15) is 0 Å². The molecule has 100 valence electrons. The number of hydrogen-bond donors (Lipinski definition) is 0. The third-order valence-corrected chi connectivity index (χ3v) is 3.03. The van der Waals surface area contributed by atoms with Crippen molar-refractivity contribution in [3.8, 4) is 5.75 Å². The van der Waals surface area contributed by atoms with Gasteiger partial charge in [0.1, 0.15) is 17.5 Å². The van der Waals surface area contributed by atoms with E-state index in [1.807, 2.05) is 37.3 Å². The van der Waals surface area contributed by atoms with E-state index in [1.165, 1.54) is 0 Å². The largest absolute Gasteiger partial charge is 0.485 e. The Labute approximate surface area is 121 Å². The van der Waals surface area contributed by atoms with Gasteiger partial charge >= 0.3 is 0 Å². The Bertz CT molecular complexity index is 735. The first-order valence-corrected chi connectivity index (χ1v) is 6.57. The summed E-state index contributed by atoms with van der Waals surface area (Å²) in [6.07, 6.45) is 1.76. The Morgan fingerprint density at radius 1 is 1.15 bits per heavy atom. The minimum atomic E-state index is 0.273. The zero-order valence-electron chi connectivity index (χ0n) is 10.9. The monoisotopic (exact) mass is 285 g/mol. The Morgan fingerprint density at radius 2 is 2.05 bits per heavy atom. The number of hydrogen-bond acceptors (Lipinski definition) is 4. The molecule has 0 fully saturated rings. The van der Waals surface area contributed by atoms with Crippen LogP contribution in [0.2, 0.25) is 5.15 Å². The highest BCUT2D eigenvalue weighted by Crippen LogP contribution is 2.24. The molecular weight excluding hydrogens is 274 g/mol. The topological polar surface area (TPSA) is 47.9 Å². The van der Waals surface area contributed by atoms with Crippen molar-refractivity contribution in [3.63, 3.8) is 0 Å². The predicted octanol–water partition coefficient (Wildman–Crippen LogP) is 3.57. The number of rotatable bonds is 3. The van der Waals surface area contributed by atoms with Crippen LogP contribution in [-0.2, 0) is 6.61 Å². The van der Waals surface area contributed by atoms with Crippen molar-refractivity contribution in [1.82, 2.24) is 15.0 Å². The molecule has 0 aliphatic carbocycles. The fraction of sp³-hybridized carbons (Fsp3) is 0.133. The zero-order valence-corrected chi connectivity index (χ0v) is 11.6. The molecule has 0 spiro atoms. The van der Waals surface area contributed by atoms with Gasteiger partial charge in [-0.2, -0.15) is 0 Å². The maximum atomic E-state index is 5.91. The van der Waals surface area contributed by atoms with E-state index >= 15 is 0 Å². The Morgan fingerprint density at radius 3 is 2.90 bits per heavy atom. The molecule has 1 aromatic carbocycles. The molecule has 4 nitrogen and oxygen atoms in total. The van der Waals surface area contributed by atoms with E-state index in [-0.39, 0.29) is 6.61 Å². The van der Waals surface area contributed by atoms with Gasteiger partial charge in [0.15, 0.2) is 5.82 Å². The summed E-state index contributed by atoms with van der Waals surface area (Å²) in [4.78, 5) is 12.7. The van der Waals surface area contributed by atoms with Crippen LogP contribution in [0.3, 0.4) is 0 Å². The molecule has 0 amide bonds. The maximum Gasteiger partial charge on any atom is 0.167 e. The molecule has 3 rings (SSSR count). The second-order valence-corrected chi connectivity index (χ2v) is 4.75. The number of ether oxygens (including phenoxy) is 1. The van der Waals surface area contributed by atoms with E-state index < -0.39 is 0 Å². The fourth-order valence-corrected chi connectivity index (χ4v) is 2.25. The maximum absolute atomic E-state index is 5.91. The van der Waals surface area contributed by atoms with Crippen LogP contribution in [0.4, 0.5) is 0 Å². The molecule has 0 aliphatic heterocycles. The van der Waals surface area contributed by atoms with Crippen LogP contribution in [0, 0.1) is 6.92 Å². The lowest BCUT2D eigenvalue weighted by Crippen LogP contribution is -2.03. The first-order chi connectivity index (χ1) is 9.72. The van der Waals surface area contributed by atoms with Crippen LogP contribution in [0.25, 0.3) is 10.9 Å². The third kappa shape index (κ3) is 2.70. The van der Waals surface area contributed by atoms with Gasteiger partial charge in [0.2, 0.25) is 0 Å². The highest BCUT2D eigenvalue weighted by atomic mass is 35.5. The molecule has 0 atom stereocenters. The Kier molecular flexibility index (Phi) is 3.48. The van der Waals surface area contributed by atoms with Crippen molar-refractivity contribution in [1.29, 1.82) is 0 Å². The molecule has 2 heterocycles. The first kappa shape index (κ1) is 12.8. The van der Waals surface area contributed by atoms with Gasteiger partial charge in [-0.25, -0.2) is 9.97 Å². The highest BCUT2D eigenvalue weighted by molar-refractivity contribution is 6.29. The minimum absolute atomic E-state index is 0.273. The summed E-state index contributed by atoms with van der Waals surface area (Å²) in [5.74, 6) is 1.33. The number of benzene rings is 1. The van der Waals surface area contributed by atoms with Crippen LogP contribution in [0.15, 0.2) is 42.6 Å². The highest BCUT2D eigenvalue weighted by Gasteiger charge is 2.05. The fourth-order valence-electron chi connectivity index (χ4n) is 2.00. The Hall–Kier alpha value is -2.20. The van der Waals surface area contributed by atoms with Crippen molar-refractivity contribution in [2.75, 3.05) is 0 Å². The number of nitrogens with zero attached hydrogens (tertiary/aromatic N) is 3. The molecule has 0 bridgehead atoms. The molecule has 0 saturated heterocycles. The van der Waals surface area contributed by atoms with Gasteiger partial charge < -0.3 is 4.74 Å². The van der Waals surface area contributed by atoms with Gasteiger partial charge in [-0.1, -0.05) is 17.7 Å². The van der Waals surface area contributed by atoms with Crippen LogP contribution >= 0.6 is 11.6 Å². The summed E-state index contributed by atoms with van der Waals surface area (Å²) in [6.45, 7) is 2.15. The molecule has 20 heavy (non-hydrogen) atoms. The molecule has 3 aromatic rings. The lowest BCUT2D eigenvalue weighted by molar-refractivity contribution is 0.299. The van der Waals surface area contributed by atoms with Gasteiger partial charge in [0, 0.05) is 17.3 Å². The smallest absolute Gasteiger partial charge is 0.167 e. The van der Waals surface area contributed by atoms with E-state index in [2.05, 4.69) is 15.0 Å². The van der Waals surface area contributed by atoms with Crippen LogP contribution in [0.5, 0.6) is 5.75 Å². The molecule has 0 N–H and O–H groups in total. The van der Waals surface area contributed by atoms with Crippen molar-refractivity contribution >= 4 is 22.5 Å². The van der Waals surface area contributed by atoms with E-state index in [1.54, 1.807) is 12.3 Å². The van der Waals surface area contributed by atoms with Crippen LogP contribution in [-0.4, -0.2) is 15.0 Å². The Balaban J connectivity index is 1.87. The van der Waals surface area contributed by atoms with Crippen molar-refractivity contribution < 1.29 is 4.74 Å². The van der Waals surface area contributed by atoms with Crippen LogP contribution in [0.1, 0.15) is 11.5 Å². The lowest BCUT2D eigenvalue weighted by atomic mass is 10.2. The van der Waals surface area contributed by atoms with Crippen LogP contribution < -0.4 is 4.74 Å². The quantitative estimate of drug-likeness (QED) is 0.690. The number of fused-ring (bicyclic) bond motifs is 1. The average molecular weight is 286 g/mol. The summed E-state index contributed by atoms with van der Waals surface area (Å²) in [6, 6.07) is 11.3. The molecule has 2 aromatic heterocycles. The second kappa shape index (κ2) is 5.43. The first-order valence-electron chi connectivity index (χ1n) is 6.19. The summed E-state index contributed by atoms with van der Waals surface area (Å²) < 4.78 is 5.79. The lowest BCUT2D eigenvalue weighted by Gasteiger charge is -2.08. The summed E-state index contributed by atoms with van der Waals surface area (Å²) in [7, 11) is 0. The summed E-state index contributed by atoms with van der Waals surface area (Å²) >= 11 is 5.91. The zero-order chi connectivity index (χ0) is 13.9. The molecule has 0 aliphatic rings. The van der Waals surface area contributed by atoms with Crippen molar-refractivity contribution in [3.05, 3.63) is 59.3 Å². The number of aromatic nitrogens is 3. The number of halogens is 1. The molecule has 0 saturated carbocycles. The van der Waals surface area contributed by atoms with Gasteiger partial charge in [-0.05, 0) is 37.3 Å². The molecule has 0 radical (unpaired) electrons. The predicted molar refractivity (Wildman–Crippen MR) is 77.9 cm³/mol. The van der Waals surface area contributed by atoms with E-state index in [0.29, 0.717) is 11.0 Å². The van der Waals surface area contributed by atoms with Gasteiger partial charge in [-0.3, -0.25) is 4.98 Å². The minimum Gasteiger partial charge on any atom is -0.485 e. The number of aryl methyl sites for hydroxylation is 1. The second-order valence-electron chi connectivity index (χ2n) is 4.36. The van der Waals surface area contributed by atoms with E-state index in [4.69, 9.17) is 16.3 Å². The number of pyridine rings is 1. The van der Waals surface area contributed by atoms with E-state index in [0.717, 1.165) is 22.3 Å². The van der Waals surface area contributed by atoms with Gasteiger partial charge in [0.05, 0.1) is 5.52 Å². The molecule has 5 heteroatoms. The summed E-state index contributed by atoms with van der Waals surface area (Å²) in [5, 5.41) is 1.39. The average Bonchev–Trinajstić information content (AvgIpc) is 2.44.